The number of halogens is 1. The van der Waals surface area contributed by atoms with Crippen LogP contribution in [0.1, 0.15) is 17.5 Å². The Morgan fingerprint density at radius 3 is 2.80 bits per heavy atom. The van der Waals surface area contributed by atoms with Gasteiger partial charge in [-0.05, 0) is 43.5 Å². The van der Waals surface area contributed by atoms with Crippen molar-refractivity contribution in [2.24, 2.45) is 13.0 Å². The summed E-state index contributed by atoms with van der Waals surface area (Å²) in [6.07, 6.45) is 1.06. The number of anilines is 1. The number of nitrogens with zero attached hydrogens (tertiary/aromatic N) is 2. The molecular formula is C20H20FN3O. The number of amides is 1. The van der Waals surface area contributed by atoms with E-state index in [9.17, 15) is 9.18 Å². The van der Waals surface area contributed by atoms with Crippen molar-refractivity contribution in [1.82, 2.24) is 9.55 Å². The Morgan fingerprint density at radius 2 is 2.08 bits per heavy atom. The number of benzene rings is 1. The summed E-state index contributed by atoms with van der Waals surface area (Å²) in [5.41, 5.74) is 5.77. The summed E-state index contributed by atoms with van der Waals surface area (Å²) in [5, 5.41) is 3.71. The molecule has 2 atom stereocenters. The van der Waals surface area contributed by atoms with E-state index in [0.717, 1.165) is 16.6 Å². The van der Waals surface area contributed by atoms with Crippen molar-refractivity contribution in [3.8, 4) is 11.3 Å². The molecule has 1 N–H and O–H groups in total. The molecule has 25 heavy (non-hydrogen) atoms. The summed E-state index contributed by atoms with van der Waals surface area (Å²) in [7, 11) is 2.01. The number of alkyl halides is 1. The number of aromatic nitrogens is 2. The number of aryl methyl sites for hydroxylation is 2. The van der Waals surface area contributed by atoms with Crippen molar-refractivity contribution in [3.63, 3.8) is 0 Å². The van der Waals surface area contributed by atoms with Crippen LogP contribution in [0.25, 0.3) is 22.2 Å². The van der Waals surface area contributed by atoms with Gasteiger partial charge in [-0.15, -0.1) is 0 Å². The third kappa shape index (κ3) is 2.69. The molecular weight excluding hydrogens is 317 g/mol. The highest BCUT2D eigenvalue weighted by Crippen LogP contribution is 2.35. The lowest BCUT2D eigenvalue weighted by Gasteiger charge is -2.10. The molecule has 3 aromatic rings. The van der Waals surface area contributed by atoms with Crippen molar-refractivity contribution in [2.45, 2.75) is 26.4 Å². The second-order valence-electron chi connectivity index (χ2n) is 6.81. The average molecular weight is 337 g/mol. The molecule has 4 rings (SSSR count). The molecule has 1 aromatic carbocycles. The molecule has 2 heterocycles. The smallest absolute Gasteiger partial charge is 0.231 e. The van der Waals surface area contributed by atoms with Crippen molar-refractivity contribution in [2.75, 3.05) is 5.32 Å². The molecule has 1 saturated carbocycles. The van der Waals surface area contributed by atoms with Gasteiger partial charge >= 0.3 is 0 Å². The van der Waals surface area contributed by atoms with Crippen molar-refractivity contribution >= 4 is 22.6 Å². The molecule has 2 aromatic heterocycles. The maximum Gasteiger partial charge on any atom is 0.231 e. The van der Waals surface area contributed by atoms with Crippen LogP contribution in [0.4, 0.5) is 10.2 Å². The summed E-state index contributed by atoms with van der Waals surface area (Å²) in [4.78, 5) is 16.2. The molecule has 5 heteroatoms. The number of carbonyl (C=O) groups is 1. The van der Waals surface area contributed by atoms with Crippen LogP contribution in [0.5, 0.6) is 0 Å². The van der Waals surface area contributed by atoms with Gasteiger partial charge in [0.05, 0.1) is 17.6 Å². The highest BCUT2D eigenvalue weighted by Gasteiger charge is 2.43. The Bertz CT molecular complexity index is 992. The average Bonchev–Trinajstić information content (AvgIpc) is 3.23. The van der Waals surface area contributed by atoms with Gasteiger partial charge in [-0.3, -0.25) is 4.79 Å². The zero-order valence-electron chi connectivity index (χ0n) is 14.5. The second kappa shape index (κ2) is 5.69. The number of fused-ring (bicyclic) bond motifs is 1. The van der Waals surface area contributed by atoms with Crippen LogP contribution < -0.4 is 5.32 Å². The second-order valence-corrected chi connectivity index (χ2v) is 6.81. The first-order chi connectivity index (χ1) is 12.0. The lowest BCUT2D eigenvalue weighted by atomic mass is 10.0. The summed E-state index contributed by atoms with van der Waals surface area (Å²) >= 11 is 0. The third-order valence-corrected chi connectivity index (χ3v) is 5.11. The fourth-order valence-corrected chi connectivity index (χ4v) is 3.24. The van der Waals surface area contributed by atoms with Crippen LogP contribution in [0, 0.1) is 19.8 Å². The van der Waals surface area contributed by atoms with Gasteiger partial charge in [-0.25, -0.2) is 9.37 Å². The molecule has 0 saturated heterocycles. The van der Waals surface area contributed by atoms with Crippen LogP contribution in [0.15, 0.2) is 36.5 Å². The third-order valence-electron chi connectivity index (χ3n) is 5.11. The standard InChI is InChI=1S/C20H20FN3O/c1-11-5-4-6-14(12(11)2)17-7-13-8-19(22-10-18(13)24(17)3)23-20(25)15-9-16(15)21/h4-8,10,15-16H,9H2,1-3H3,(H,22,23,25). The molecule has 4 nitrogen and oxygen atoms in total. The van der Waals surface area contributed by atoms with E-state index in [4.69, 9.17) is 0 Å². The number of hydrogen-bond acceptors (Lipinski definition) is 2. The van der Waals surface area contributed by atoms with E-state index in [1.165, 1.54) is 16.7 Å². The predicted octanol–water partition coefficient (Wildman–Crippen LogP) is 4.15. The van der Waals surface area contributed by atoms with Gasteiger partial charge in [0.1, 0.15) is 12.0 Å². The van der Waals surface area contributed by atoms with Gasteiger partial charge in [-0.2, -0.15) is 0 Å². The summed E-state index contributed by atoms with van der Waals surface area (Å²) in [6.45, 7) is 4.22. The maximum atomic E-state index is 13.0. The minimum atomic E-state index is -1.00. The van der Waals surface area contributed by atoms with Crippen molar-refractivity contribution < 1.29 is 9.18 Å². The Morgan fingerprint density at radius 1 is 1.32 bits per heavy atom. The number of nitrogens with one attached hydrogen (secondary N) is 1. The molecule has 1 amide bonds. The van der Waals surface area contributed by atoms with Crippen LogP contribution in [0.3, 0.4) is 0 Å². The van der Waals surface area contributed by atoms with E-state index in [1.54, 1.807) is 6.20 Å². The topological polar surface area (TPSA) is 46.9 Å². The molecule has 0 radical (unpaired) electrons. The van der Waals surface area contributed by atoms with Crippen LogP contribution in [-0.4, -0.2) is 21.6 Å². The van der Waals surface area contributed by atoms with Crippen LogP contribution in [-0.2, 0) is 11.8 Å². The molecule has 0 spiro atoms. The quantitative estimate of drug-likeness (QED) is 0.780. The van der Waals surface area contributed by atoms with E-state index in [1.807, 2.05) is 13.1 Å². The molecule has 128 valence electrons. The summed E-state index contributed by atoms with van der Waals surface area (Å²) < 4.78 is 15.1. The Kier molecular flexibility index (Phi) is 3.60. The molecule has 2 unspecified atom stereocenters. The molecule has 0 aliphatic heterocycles. The lowest BCUT2D eigenvalue weighted by Crippen LogP contribution is -2.15. The summed E-state index contributed by atoms with van der Waals surface area (Å²) in [6, 6.07) is 10.2. The van der Waals surface area contributed by atoms with E-state index < -0.39 is 12.1 Å². The monoisotopic (exact) mass is 337 g/mol. The van der Waals surface area contributed by atoms with Crippen molar-refractivity contribution in [1.29, 1.82) is 0 Å². The minimum absolute atomic E-state index is 0.287. The van der Waals surface area contributed by atoms with Crippen LogP contribution >= 0.6 is 0 Å². The molecule has 1 fully saturated rings. The minimum Gasteiger partial charge on any atom is -0.342 e. The first-order valence-electron chi connectivity index (χ1n) is 8.42. The van der Waals surface area contributed by atoms with Gasteiger partial charge in [-0.1, -0.05) is 18.2 Å². The molecule has 1 aliphatic rings. The largest absolute Gasteiger partial charge is 0.342 e. The Hall–Kier alpha value is -2.69. The first kappa shape index (κ1) is 15.8. The maximum absolute atomic E-state index is 13.0. The number of carbonyl (C=O) groups excluding carboxylic acids is 1. The molecule has 0 bridgehead atoms. The highest BCUT2D eigenvalue weighted by atomic mass is 19.1. The lowest BCUT2D eigenvalue weighted by molar-refractivity contribution is -0.117. The van der Waals surface area contributed by atoms with Gasteiger partial charge < -0.3 is 9.88 Å². The first-order valence-corrected chi connectivity index (χ1v) is 8.42. The number of hydrogen-bond donors (Lipinski definition) is 1. The fourth-order valence-electron chi connectivity index (χ4n) is 3.24. The SMILES string of the molecule is Cc1cccc(-c2cc3cc(NC(=O)C4CC4F)ncc3n2C)c1C. The Balaban J connectivity index is 1.72. The highest BCUT2D eigenvalue weighted by molar-refractivity contribution is 5.96. The fraction of sp³-hybridized carbons (Fsp3) is 0.300. The number of pyridine rings is 1. The van der Waals surface area contributed by atoms with Gasteiger partial charge in [0.2, 0.25) is 5.91 Å². The van der Waals surface area contributed by atoms with Gasteiger partial charge in [0.25, 0.3) is 0 Å². The van der Waals surface area contributed by atoms with Gasteiger partial charge in [0.15, 0.2) is 0 Å². The Labute approximate surface area is 145 Å². The zero-order valence-corrected chi connectivity index (χ0v) is 14.5. The molecule has 1 aliphatic carbocycles. The zero-order chi connectivity index (χ0) is 17.7. The van der Waals surface area contributed by atoms with E-state index >= 15 is 0 Å². The van der Waals surface area contributed by atoms with Gasteiger partial charge in [0, 0.05) is 23.7 Å². The van der Waals surface area contributed by atoms with E-state index in [0.29, 0.717) is 12.2 Å². The predicted molar refractivity (Wildman–Crippen MR) is 97.3 cm³/mol. The number of rotatable bonds is 3. The van der Waals surface area contributed by atoms with Crippen molar-refractivity contribution in [3.05, 3.63) is 47.7 Å². The normalized spacial score (nSPS) is 19.2. The summed E-state index contributed by atoms with van der Waals surface area (Å²) in [5.74, 6) is -0.335. The van der Waals surface area contributed by atoms with Crippen LogP contribution in [0.2, 0.25) is 0 Å². The van der Waals surface area contributed by atoms with E-state index in [2.05, 4.69) is 53.0 Å². The van der Waals surface area contributed by atoms with E-state index in [-0.39, 0.29) is 5.91 Å².